The molecule has 1 aliphatic rings. The van der Waals surface area contributed by atoms with E-state index in [4.69, 9.17) is 15.2 Å². The van der Waals surface area contributed by atoms with Gasteiger partial charge in [-0.05, 0) is 36.6 Å². The molecule has 1 aliphatic carbocycles. The molecule has 0 aliphatic heterocycles. The molecule has 0 saturated heterocycles. The number of aromatic nitrogens is 1. The number of nitrogens with two attached hydrogens (primary N) is 1. The number of nitro groups is 1. The molecule has 2 aromatic rings. The Labute approximate surface area is 172 Å². The minimum atomic E-state index is -0.548. The van der Waals surface area contributed by atoms with Gasteiger partial charge < -0.3 is 15.2 Å². The first-order valence-electron chi connectivity index (χ1n) is 8.73. The molecule has 1 aromatic heterocycles. The number of fused-ring (bicyclic) bond motifs is 1. The lowest BCUT2D eigenvalue weighted by atomic mass is 9.95. The van der Waals surface area contributed by atoms with Crippen LogP contribution < -0.4 is 15.2 Å². The quantitative estimate of drug-likeness (QED) is 0.601. The second kappa shape index (κ2) is 7.57. The lowest BCUT2D eigenvalue weighted by Gasteiger charge is -2.12. The molecule has 3 rings (SSSR count). The minimum absolute atomic E-state index is 0.0493. The first kappa shape index (κ1) is 20.4. The summed E-state index contributed by atoms with van der Waals surface area (Å²) in [6, 6.07) is 6.94. The van der Waals surface area contributed by atoms with Gasteiger partial charge in [-0.1, -0.05) is 0 Å². The van der Waals surface area contributed by atoms with Crippen LogP contribution in [0.5, 0.6) is 11.5 Å². The zero-order valence-electron chi connectivity index (χ0n) is 16.7. The average molecular weight is 403 g/mol. The number of nitrogens with zero attached hydrogens (tertiary/aromatic N) is 4. The molecule has 0 radical (unpaired) electrons. The normalized spacial score (nSPS) is 13.6. The van der Waals surface area contributed by atoms with E-state index in [0.717, 1.165) is 0 Å². The van der Waals surface area contributed by atoms with Crippen LogP contribution in [0.25, 0.3) is 17.2 Å². The Morgan fingerprint density at radius 1 is 1.17 bits per heavy atom. The first-order valence-corrected chi connectivity index (χ1v) is 8.73. The van der Waals surface area contributed by atoms with Gasteiger partial charge >= 0.3 is 5.69 Å². The summed E-state index contributed by atoms with van der Waals surface area (Å²) in [6.07, 6.45) is 1.68. The van der Waals surface area contributed by atoms with Crippen molar-refractivity contribution < 1.29 is 14.4 Å². The number of nitrogen functional groups attached to an aromatic ring is 1. The van der Waals surface area contributed by atoms with Crippen LogP contribution in [0.2, 0.25) is 0 Å². The highest BCUT2D eigenvalue weighted by Crippen LogP contribution is 2.45. The molecule has 9 nitrogen and oxygen atoms in total. The fraction of sp³-hybridized carbons (Fsp3) is 0.190. The number of nitro benzene ring substituents is 1. The maximum atomic E-state index is 11.5. The summed E-state index contributed by atoms with van der Waals surface area (Å²) in [5, 5.41) is 30.6. The molecule has 0 atom stereocenters. The molecular formula is C21H17N5O4. The summed E-state index contributed by atoms with van der Waals surface area (Å²) in [4.78, 5) is 15.2. The third-order valence-electron chi connectivity index (χ3n) is 5.01. The number of allylic oxidation sites excluding steroid dienone is 3. The van der Waals surface area contributed by atoms with Crippen molar-refractivity contribution >= 4 is 28.7 Å². The molecule has 30 heavy (non-hydrogen) atoms. The fourth-order valence-corrected chi connectivity index (χ4v) is 3.51. The molecule has 0 unspecified atom stereocenters. The van der Waals surface area contributed by atoms with E-state index in [1.165, 1.54) is 26.4 Å². The molecule has 1 heterocycles. The number of hydrogen-bond donors (Lipinski definition) is 1. The van der Waals surface area contributed by atoms with Crippen molar-refractivity contribution in [1.29, 1.82) is 10.5 Å². The molecule has 0 fully saturated rings. The molecule has 150 valence electrons. The smallest absolute Gasteiger partial charge is 0.311 e. The Balaban J connectivity index is 2.37. The van der Waals surface area contributed by atoms with E-state index < -0.39 is 4.92 Å². The number of rotatable bonds is 4. The molecule has 0 spiro atoms. The van der Waals surface area contributed by atoms with E-state index in [1.54, 1.807) is 19.9 Å². The van der Waals surface area contributed by atoms with Gasteiger partial charge in [0.2, 0.25) is 5.75 Å². The molecule has 1 aromatic carbocycles. The van der Waals surface area contributed by atoms with Crippen molar-refractivity contribution in [2.75, 3.05) is 20.0 Å². The second-order valence-corrected chi connectivity index (χ2v) is 6.53. The van der Waals surface area contributed by atoms with E-state index in [0.29, 0.717) is 44.9 Å². The Kier molecular flexibility index (Phi) is 5.14. The predicted molar refractivity (Wildman–Crippen MR) is 110 cm³/mol. The van der Waals surface area contributed by atoms with E-state index in [1.807, 2.05) is 6.07 Å². The molecule has 2 N–H and O–H groups in total. The highest BCUT2D eigenvalue weighted by Gasteiger charge is 2.30. The van der Waals surface area contributed by atoms with Gasteiger partial charge in [-0.25, -0.2) is 4.98 Å². The lowest BCUT2D eigenvalue weighted by Crippen LogP contribution is -2.04. The van der Waals surface area contributed by atoms with E-state index in [2.05, 4.69) is 11.1 Å². The molecule has 0 saturated carbocycles. The lowest BCUT2D eigenvalue weighted by molar-refractivity contribution is -0.385. The summed E-state index contributed by atoms with van der Waals surface area (Å²) in [5.74, 6) is 0.465. The summed E-state index contributed by atoms with van der Waals surface area (Å²) >= 11 is 0. The standard InChI is InChI=1S/C21H17N5O4/c1-10-13(5-12-6-16(26(27)28)18(30-4)7-17(12)29-3)19-11(2)15(9-23)21(24)25-20(19)14(10)8-22/h5-7H,1-4H3,(H2,24,25)/b13-5-. The predicted octanol–water partition coefficient (Wildman–Crippen LogP) is 3.62. The molecule has 0 amide bonds. The second-order valence-electron chi connectivity index (χ2n) is 6.53. The van der Waals surface area contributed by atoms with Crippen molar-refractivity contribution in [3.8, 4) is 23.6 Å². The van der Waals surface area contributed by atoms with Gasteiger partial charge in [-0.2, -0.15) is 10.5 Å². The van der Waals surface area contributed by atoms with E-state index in [-0.39, 0.29) is 22.8 Å². The summed E-state index contributed by atoms with van der Waals surface area (Å²) in [6.45, 7) is 3.47. The van der Waals surface area contributed by atoms with Crippen molar-refractivity contribution in [2.24, 2.45) is 0 Å². The van der Waals surface area contributed by atoms with Crippen molar-refractivity contribution in [3.05, 3.63) is 55.8 Å². The fourth-order valence-electron chi connectivity index (χ4n) is 3.51. The van der Waals surface area contributed by atoms with Crippen LogP contribution in [0.3, 0.4) is 0 Å². The van der Waals surface area contributed by atoms with E-state index in [9.17, 15) is 20.6 Å². The number of pyridine rings is 1. The summed E-state index contributed by atoms with van der Waals surface area (Å²) in [5.41, 5.74) is 9.44. The minimum Gasteiger partial charge on any atom is -0.496 e. The number of methoxy groups -OCH3 is 2. The monoisotopic (exact) mass is 403 g/mol. The zero-order valence-corrected chi connectivity index (χ0v) is 16.7. The molecule has 9 heteroatoms. The summed E-state index contributed by atoms with van der Waals surface area (Å²) in [7, 11) is 2.78. The Morgan fingerprint density at radius 3 is 2.37 bits per heavy atom. The maximum absolute atomic E-state index is 11.5. The zero-order chi connectivity index (χ0) is 22.2. The van der Waals surface area contributed by atoms with Crippen molar-refractivity contribution in [1.82, 2.24) is 4.98 Å². The number of nitriles is 2. The van der Waals surface area contributed by atoms with Gasteiger partial charge in [0.15, 0.2) is 0 Å². The van der Waals surface area contributed by atoms with Crippen molar-refractivity contribution in [3.63, 3.8) is 0 Å². The SMILES string of the molecule is COc1cc(OC)c([N+](=O)[O-])cc1/C=C1/C(C)=C(C#N)c2nc(N)c(C#N)c(C)c21. The third kappa shape index (κ3) is 2.99. The van der Waals surface area contributed by atoms with Gasteiger partial charge in [-0.15, -0.1) is 0 Å². The average Bonchev–Trinajstić information content (AvgIpc) is 2.98. The Bertz CT molecular complexity index is 1250. The van der Waals surface area contributed by atoms with Gasteiger partial charge in [0, 0.05) is 23.3 Å². The van der Waals surface area contributed by atoms with E-state index >= 15 is 0 Å². The van der Waals surface area contributed by atoms with Gasteiger partial charge in [0.05, 0.1) is 36.0 Å². The van der Waals surface area contributed by atoms with Crippen molar-refractivity contribution in [2.45, 2.75) is 13.8 Å². The van der Waals surface area contributed by atoms with Crippen LogP contribution in [0.1, 0.15) is 34.9 Å². The van der Waals surface area contributed by atoms with Gasteiger partial charge in [-0.3, -0.25) is 10.1 Å². The van der Waals surface area contributed by atoms with Crippen LogP contribution in [-0.2, 0) is 0 Å². The number of benzene rings is 1. The molecule has 0 bridgehead atoms. The molecular weight excluding hydrogens is 386 g/mol. The largest absolute Gasteiger partial charge is 0.496 e. The third-order valence-corrected chi connectivity index (χ3v) is 5.01. The number of anilines is 1. The van der Waals surface area contributed by atoms with Crippen LogP contribution in [0.4, 0.5) is 11.5 Å². The van der Waals surface area contributed by atoms with Gasteiger partial charge in [0.1, 0.15) is 23.7 Å². The first-order chi connectivity index (χ1) is 14.3. The van der Waals surface area contributed by atoms with Gasteiger partial charge in [0.25, 0.3) is 0 Å². The van der Waals surface area contributed by atoms with Crippen LogP contribution in [0, 0.1) is 39.7 Å². The summed E-state index contributed by atoms with van der Waals surface area (Å²) < 4.78 is 10.5. The topological polar surface area (TPSA) is 148 Å². The van der Waals surface area contributed by atoms with Crippen LogP contribution in [0.15, 0.2) is 17.7 Å². The Morgan fingerprint density at radius 2 is 1.83 bits per heavy atom. The Hall–Kier alpha value is -4.37. The maximum Gasteiger partial charge on any atom is 0.311 e. The highest BCUT2D eigenvalue weighted by molar-refractivity contribution is 6.09. The van der Waals surface area contributed by atoms with Crippen LogP contribution in [-0.4, -0.2) is 24.1 Å². The number of ether oxygens (including phenoxy) is 2. The number of hydrogen-bond acceptors (Lipinski definition) is 8. The van der Waals surface area contributed by atoms with Crippen LogP contribution >= 0.6 is 0 Å². The highest BCUT2D eigenvalue weighted by atomic mass is 16.6.